The first-order valence-electron chi connectivity index (χ1n) is 7.21. The van der Waals surface area contributed by atoms with E-state index in [9.17, 15) is 4.79 Å². The predicted molar refractivity (Wildman–Crippen MR) is 76.0 cm³/mol. The number of rotatable bonds is 5. The van der Waals surface area contributed by atoms with Crippen molar-refractivity contribution in [3.05, 3.63) is 35.4 Å². The van der Waals surface area contributed by atoms with Crippen molar-refractivity contribution in [2.45, 2.75) is 51.7 Å². The van der Waals surface area contributed by atoms with Gasteiger partial charge in [0, 0.05) is 6.61 Å². The number of ether oxygens (including phenoxy) is 1. The number of nitrogens with one attached hydrogen (secondary N) is 1. The second kappa shape index (κ2) is 6.71. The van der Waals surface area contributed by atoms with Crippen molar-refractivity contribution in [3.8, 4) is 0 Å². The van der Waals surface area contributed by atoms with Crippen molar-refractivity contribution in [2.75, 3.05) is 6.61 Å². The summed E-state index contributed by atoms with van der Waals surface area (Å²) in [5.74, 6) is 0.0163. The van der Waals surface area contributed by atoms with Crippen LogP contribution in [0.3, 0.4) is 0 Å². The molecule has 1 amide bonds. The van der Waals surface area contributed by atoms with Gasteiger partial charge in [0.05, 0.1) is 6.04 Å². The molecule has 2 atom stereocenters. The van der Waals surface area contributed by atoms with Gasteiger partial charge < -0.3 is 10.1 Å². The van der Waals surface area contributed by atoms with Crippen molar-refractivity contribution in [2.24, 2.45) is 0 Å². The summed E-state index contributed by atoms with van der Waals surface area (Å²) in [5, 5.41) is 3.03. The molecule has 1 heterocycles. The summed E-state index contributed by atoms with van der Waals surface area (Å²) < 4.78 is 5.39. The molecule has 1 aromatic rings. The van der Waals surface area contributed by atoms with Crippen LogP contribution in [-0.4, -0.2) is 18.6 Å². The van der Waals surface area contributed by atoms with Gasteiger partial charge in [-0.25, -0.2) is 0 Å². The lowest BCUT2D eigenvalue weighted by Gasteiger charge is -2.17. The fourth-order valence-electron chi connectivity index (χ4n) is 2.44. The van der Waals surface area contributed by atoms with Crippen molar-refractivity contribution in [1.29, 1.82) is 0 Å². The number of carbonyl (C=O) groups is 1. The zero-order chi connectivity index (χ0) is 13.7. The van der Waals surface area contributed by atoms with Crippen LogP contribution in [0.5, 0.6) is 0 Å². The molecule has 0 bridgehead atoms. The summed E-state index contributed by atoms with van der Waals surface area (Å²) in [4.78, 5) is 12.0. The highest BCUT2D eigenvalue weighted by Crippen LogP contribution is 2.17. The van der Waals surface area contributed by atoms with E-state index in [1.165, 1.54) is 5.56 Å². The summed E-state index contributed by atoms with van der Waals surface area (Å²) in [5.41, 5.74) is 2.50. The highest BCUT2D eigenvalue weighted by atomic mass is 16.5. The maximum absolute atomic E-state index is 12.0. The summed E-state index contributed by atoms with van der Waals surface area (Å²) in [7, 11) is 0. The van der Waals surface area contributed by atoms with E-state index in [0.717, 1.165) is 31.2 Å². The Hall–Kier alpha value is -1.35. The Morgan fingerprint density at radius 2 is 2.16 bits per heavy atom. The average Bonchev–Trinajstić information content (AvgIpc) is 2.94. The van der Waals surface area contributed by atoms with Crippen LogP contribution in [-0.2, 0) is 16.0 Å². The highest BCUT2D eigenvalue weighted by Gasteiger charge is 2.24. The summed E-state index contributed by atoms with van der Waals surface area (Å²) in [6.45, 7) is 4.90. The first-order valence-corrected chi connectivity index (χ1v) is 7.21. The van der Waals surface area contributed by atoms with E-state index in [1.807, 2.05) is 6.92 Å². The molecule has 0 unspecified atom stereocenters. The van der Waals surface area contributed by atoms with E-state index in [0.29, 0.717) is 6.61 Å². The minimum Gasteiger partial charge on any atom is -0.368 e. The van der Waals surface area contributed by atoms with Gasteiger partial charge in [-0.05, 0) is 37.3 Å². The second-order valence-corrected chi connectivity index (χ2v) is 5.22. The first kappa shape index (κ1) is 14.1. The van der Waals surface area contributed by atoms with Crippen LogP contribution < -0.4 is 5.32 Å². The fraction of sp³-hybridized carbons (Fsp3) is 0.562. The van der Waals surface area contributed by atoms with E-state index in [2.05, 4.69) is 36.5 Å². The number of amides is 1. The molecule has 3 nitrogen and oxygen atoms in total. The van der Waals surface area contributed by atoms with Crippen LogP contribution in [0.15, 0.2) is 24.3 Å². The standard InChI is InChI=1S/C16H23NO2/c1-3-5-13-7-9-14(10-8-13)12(2)17-16(18)15-6-4-11-19-15/h7-10,12,15H,3-6,11H2,1-2H3,(H,17,18)/t12-,15-/m0/s1. The van der Waals surface area contributed by atoms with Gasteiger partial charge in [-0.1, -0.05) is 37.6 Å². The SMILES string of the molecule is CCCc1ccc([C@H](C)NC(=O)[C@@H]2CCCO2)cc1. The first-order chi connectivity index (χ1) is 9.20. The lowest BCUT2D eigenvalue weighted by molar-refractivity contribution is -0.130. The Balaban J connectivity index is 1.91. The van der Waals surface area contributed by atoms with Gasteiger partial charge in [-0.3, -0.25) is 4.79 Å². The van der Waals surface area contributed by atoms with Crippen LogP contribution in [0.4, 0.5) is 0 Å². The molecule has 0 saturated carbocycles. The molecule has 104 valence electrons. The molecule has 1 N–H and O–H groups in total. The number of benzene rings is 1. The Bertz CT molecular complexity index is 407. The smallest absolute Gasteiger partial charge is 0.249 e. The Morgan fingerprint density at radius 3 is 2.74 bits per heavy atom. The fourth-order valence-corrected chi connectivity index (χ4v) is 2.44. The van der Waals surface area contributed by atoms with Crippen molar-refractivity contribution >= 4 is 5.91 Å². The molecule has 0 aromatic heterocycles. The lowest BCUT2D eigenvalue weighted by Crippen LogP contribution is -2.35. The van der Waals surface area contributed by atoms with Gasteiger partial charge in [0.1, 0.15) is 6.10 Å². The molecular formula is C16H23NO2. The van der Waals surface area contributed by atoms with Crippen LogP contribution in [0.2, 0.25) is 0 Å². The zero-order valence-electron chi connectivity index (χ0n) is 11.8. The molecule has 3 heteroatoms. The van der Waals surface area contributed by atoms with E-state index < -0.39 is 0 Å². The zero-order valence-corrected chi connectivity index (χ0v) is 11.8. The third-order valence-corrected chi connectivity index (χ3v) is 3.60. The maximum atomic E-state index is 12.0. The number of aryl methyl sites for hydroxylation is 1. The van der Waals surface area contributed by atoms with E-state index in [-0.39, 0.29) is 18.1 Å². The van der Waals surface area contributed by atoms with Gasteiger partial charge in [-0.15, -0.1) is 0 Å². The Labute approximate surface area is 115 Å². The van der Waals surface area contributed by atoms with Crippen LogP contribution >= 0.6 is 0 Å². The molecule has 1 saturated heterocycles. The molecule has 1 fully saturated rings. The minimum atomic E-state index is -0.248. The van der Waals surface area contributed by atoms with Gasteiger partial charge in [0.2, 0.25) is 5.91 Å². The molecule has 0 radical (unpaired) electrons. The maximum Gasteiger partial charge on any atom is 0.249 e. The summed E-state index contributed by atoms with van der Waals surface area (Å²) >= 11 is 0. The van der Waals surface area contributed by atoms with Gasteiger partial charge in [0.15, 0.2) is 0 Å². The second-order valence-electron chi connectivity index (χ2n) is 5.22. The van der Waals surface area contributed by atoms with Gasteiger partial charge in [0.25, 0.3) is 0 Å². The molecule has 0 spiro atoms. The third kappa shape index (κ3) is 3.80. The molecule has 1 aliphatic rings. The topological polar surface area (TPSA) is 38.3 Å². The largest absolute Gasteiger partial charge is 0.368 e. The normalized spacial score (nSPS) is 20.2. The monoisotopic (exact) mass is 261 g/mol. The van der Waals surface area contributed by atoms with Crippen LogP contribution in [0, 0.1) is 0 Å². The molecule has 1 aliphatic heterocycles. The van der Waals surface area contributed by atoms with E-state index in [1.54, 1.807) is 0 Å². The van der Waals surface area contributed by atoms with Crippen LogP contribution in [0.1, 0.15) is 50.3 Å². The summed E-state index contributed by atoms with van der Waals surface area (Å²) in [6.07, 6.45) is 3.84. The molecule has 0 aliphatic carbocycles. The van der Waals surface area contributed by atoms with Gasteiger partial charge in [-0.2, -0.15) is 0 Å². The third-order valence-electron chi connectivity index (χ3n) is 3.60. The van der Waals surface area contributed by atoms with Crippen molar-refractivity contribution in [3.63, 3.8) is 0 Å². The molecule has 2 rings (SSSR count). The van der Waals surface area contributed by atoms with E-state index in [4.69, 9.17) is 4.74 Å². The lowest BCUT2D eigenvalue weighted by atomic mass is 10.0. The van der Waals surface area contributed by atoms with Crippen molar-refractivity contribution < 1.29 is 9.53 Å². The number of carbonyl (C=O) groups excluding carboxylic acids is 1. The molecule has 1 aromatic carbocycles. The van der Waals surface area contributed by atoms with Gasteiger partial charge >= 0.3 is 0 Å². The Kier molecular flexibility index (Phi) is 4.97. The number of hydrogen-bond acceptors (Lipinski definition) is 2. The Morgan fingerprint density at radius 1 is 1.42 bits per heavy atom. The average molecular weight is 261 g/mol. The van der Waals surface area contributed by atoms with Crippen molar-refractivity contribution in [1.82, 2.24) is 5.32 Å². The number of hydrogen-bond donors (Lipinski definition) is 1. The quantitative estimate of drug-likeness (QED) is 0.885. The molecule has 19 heavy (non-hydrogen) atoms. The highest BCUT2D eigenvalue weighted by molar-refractivity contribution is 5.81. The molecular weight excluding hydrogens is 238 g/mol. The minimum absolute atomic E-state index is 0.0163. The predicted octanol–water partition coefficient (Wildman–Crippen LogP) is 3.00. The van der Waals surface area contributed by atoms with Crippen LogP contribution in [0.25, 0.3) is 0 Å². The summed E-state index contributed by atoms with van der Waals surface area (Å²) in [6, 6.07) is 8.53. The van der Waals surface area contributed by atoms with E-state index >= 15 is 0 Å².